The molecule has 0 bridgehead atoms. The molecule has 144 valence electrons. The van der Waals surface area contributed by atoms with Crippen molar-refractivity contribution in [2.75, 3.05) is 12.9 Å². The summed E-state index contributed by atoms with van der Waals surface area (Å²) >= 11 is 1.82. The molecule has 0 aliphatic heterocycles. The normalized spacial score (nSPS) is 12.9. The summed E-state index contributed by atoms with van der Waals surface area (Å²) in [7, 11) is 1.55. The summed E-state index contributed by atoms with van der Waals surface area (Å²) in [5, 5.41) is 12.2. The zero-order valence-corrected chi connectivity index (χ0v) is 16.6. The number of methoxy groups -OCH3 is 1. The van der Waals surface area contributed by atoms with Crippen molar-refractivity contribution in [2.45, 2.75) is 31.6 Å². The van der Waals surface area contributed by atoms with Crippen LogP contribution in [0.3, 0.4) is 0 Å². The topological polar surface area (TPSA) is 75.6 Å². The molecule has 5 nitrogen and oxygen atoms in total. The van der Waals surface area contributed by atoms with Crippen LogP contribution < -0.4 is 10.1 Å². The van der Waals surface area contributed by atoms with Gasteiger partial charge in [-0.3, -0.25) is 9.59 Å². The number of ether oxygens (including phenoxy) is 1. The van der Waals surface area contributed by atoms with E-state index < -0.39 is 11.5 Å². The lowest BCUT2D eigenvalue weighted by Gasteiger charge is -2.30. The maximum atomic E-state index is 12.8. The molecule has 0 aliphatic rings. The molecule has 2 aromatic carbocycles. The number of carbonyl (C=O) groups is 2. The van der Waals surface area contributed by atoms with Crippen molar-refractivity contribution in [2.24, 2.45) is 0 Å². The van der Waals surface area contributed by atoms with E-state index in [-0.39, 0.29) is 12.3 Å². The van der Waals surface area contributed by atoms with E-state index in [1.165, 1.54) is 0 Å². The Kier molecular flexibility index (Phi) is 7.30. The Morgan fingerprint density at radius 1 is 1.19 bits per heavy atom. The van der Waals surface area contributed by atoms with Crippen molar-refractivity contribution >= 4 is 23.6 Å². The molecule has 1 atom stereocenters. The van der Waals surface area contributed by atoms with E-state index in [1.54, 1.807) is 50.4 Å². The Labute approximate surface area is 164 Å². The van der Waals surface area contributed by atoms with E-state index in [9.17, 15) is 14.7 Å². The van der Waals surface area contributed by atoms with Gasteiger partial charge in [0.2, 0.25) is 0 Å². The number of aliphatic carboxylic acids is 1. The number of carboxylic acid groups (broad SMARTS) is 1. The van der Waals surface area contributed by atoms with Gasteiger partial charge in [0.1, 0.15) is 5.75 Å². The lowest BCUT2D eigenvalue weighted by molar-refractivity contribution is -0.138. The minimum Gasteiger partial charge on any atom is -0.497 e. The van der Waals surface area contributed by atoms with Gasteiger partial charge in [-0.05, 0) is 48.1 Å². The van der Waals surface area contributed by atoms with Gasteiger partial charge in [-0.2, -0.15) is 11.8 Å². The molecule has 0 aromatic heterocycles. The van der Waals surface area contributed by atoms with Crippen LogP contribution in [0.5, 0.6) is 5.75 Å². The van der Waals surface area contributed by atoms with Crippen LogP contribution in [-0.4, -0.2) is 29.8 Å². The standard InChI is InChI=1S/C21H25NO4S/c1-4-27-14-15-8-10-16(11-9-15)20(25)22-21(2,13-19(23)24)17-6-5-7-18(12-17)26-3/h5-12H,4,13-14H2,1-3H3,(H,22,25)(H,23,24). The molecule has 0 fully saturated rings. The average molecular weight is 388 g/mol. The molecular weight excluding hydrogens is 362 g/mol. The number of hydrogen-bond donors (Lipinski definition) is 2. The molecule has 1 amide bonds. The van der Waals surface area contributed by atoms with Crippen LogP contribution in [0.2, 0.25) is 0 Å². The molecule has 0 spiro atoms. The molecular formula is C21H25NO4S. The molecule has 0 saturated carbocycles. The Morgan fingerprint density at radius 2 is 1.89 bits per heavy atom. The smallest absolute Gasteiger partial charge is 0.306 e. The zero-order valence-electron chi connectivity index (χ0n) is 15.8. The van der Waals surface area contributed by atoms with Gasteiger partial charge in [0.05, 0.1) is 19.1 Å². The first-order valence-corrected chi connectivity index (χ1v) is 9.89. The van der Waals surface area contributed by atoms with Gasteiger partial charge in [-0.15, -0.1) is 0 Å². The zero-order chi connectivity index (χ0) is 19.9. The Balaban J connectivity index is 2.24. The van der Waals surface area contributed by atoms with E-state index in [0.29, 0.717) is 16.9 Å². The third kappa shape index (κ3) is 5.76. The van der Waals surface area contributed by atoms with Crippen LogP contribution in [0.15, 0.2) is 48.5 Å². The molecule has 0 heterocycles. The van der Waals surface area contributed by atoms with Crippen LogP contribution in [0.4, 0.5) is 0 Å². The maximum absolute atomic E-state index is 12.8. The van der Waals surface area contributed by atoms with E-state index >= 15 is 0 Å². The lowest BCUT2D eigenvalue weighted by Crippen LogP contribution is -2.45. The number of amides is 1. The Hall–Kier alpha value is -2.47. The Bertz CT molecular complexity index is 791. The minimum atomic E-state index is -1.06. The van der Waals surface area contributed by atoms with Gasteiger partial charge < -0.3 is 15.2 Å². The van der Waals surface area contributed by atoms with Crippen molar-refractivity contribution in [3.05, 3.63) is 65.2 Å². The summed E-state index contributed by atoms with van der Waals surface area (Å²) in [5.74, 6) is 1.25. The third-order valence-electron chi connectivity index (χ3n) is 4.29. The molecule has 6 heteroatoms. The molecule has 0 radical (unpaired) electrons. The van der Waals surface area contributed by atoms with Crippen molar-refractivity contribution in [1.29, 1.82) is 0 Å². The van der Waals surface area contributed by atoms with E-state index in [0.717, 1.165) is 17.1 Å². The predicted octanol–water partition coefficient (Wildman–Crippen LogP) is 4.07. The highest BCUT2D eigenvalue weighted by Gasteiger charge is 2.32. The molecule has 0 saturated heterocycles. The number of nitrogens with one attached hydrogen (secondary N) is 1. The van der Waals surface area contributed by atoms with Crippen molar-refractivity contribution < 1.29 is 19.4 Å². The Morgan fingerprint density at radius 3 is 2.48 bits per heavy atom. The summed E-state index contributed by atoms with van der Waals surface area (Å²) < 4.78 is 5.23. The summed E-state index contributed by atoms with van der Waals surface area (Å²) in [6, 6.07) is 14.5. The summed E-state index contributed by atoms with van der Waals surface area (Å²) in [6.45, 7) is 3.81. The highest BCUT2D eigenvalue weighted by Crippen LogP contribution is 2.28. The molecule has 2 aromatic rings. The van der Waals surface area contributed by atoms with Gasteiger partial charge in [-0.1, -0.05) is 31.2 Å². The fourth-order valence-corrected chi connectivity index (χ4v) is 3.41. The summed E-state index contributed by atoms with van der Waals surface area (Å²) in [5.41, 5.74) is 1.27. The van der Waals surface area contributed by atoms with Crippen molar-refractivity contribution in [3.8, 4) is 5.75 Å². The van der Waals surface area contributed by atoms with E-state index in [4.69, 9.17) is 4.74 Å². The van der Waals surface area contributed by atoms with Crippen molar-refractivity contribution in [1.82, 2.24) is 5.32 Å². The fourth-order valence-electron chi connectivity index (χ4n) is 2.78. The van der Waals surface area contributed by atoms with Crippen molar-refractivity contribution in [3.63, 3.8) is 0 Å². The average Bonchev–Trinajstić information content (AvgIpc) is 2.66. The maximum Gasteiger partial charge on any atom is 0.306 e. The molecule has 1 unspecified atom stereocenters. The monoisotopic (exact) mass is 387 g/mol. The van der Waals surface area contributed by atoms with Gasteiger partial charge in [0.15, 0.2) is 0 Å². The van der Waals surface area contributed by atoms with Crippen LogP contribution in [0.1, 0.15) is 41.8 Å². The van der Waals surface area contributed by atoms with Gasteiger partial charge in [-0.25, -0.2) is 0 Å². The highest BCUT2D eigenvalue weighted by molar-refractivity contribution is 7.98. The number of thioether (sulfide) groups is 1. The second-order valence-corrected chi connectivity index (χ2v) is 7.70. The fraction of sp³-hybridized carbons (Fsp3) is 0.333. The second kappa shape index (κ2) is 9.46. The van der Waals surface area contributed by atoms with Crippen LogP contribution >= 0.6 is 11.8 Å². The predicted molar refractivity (Wildman–Crippen MR) is 108 cm³/mol. The molecule has 2 rings (SSSR count). The lowest BCUT2D eigenvalue weighted by atomic mass is 9.88. The number of carbonyl (C=O) groups excluding carboxylic acids is 1. The van der Waals surface area contributed by atoms with Crippen LogP contribution in [0.25, 0.3) is 0 Å². The van der Waals surface area contributed by atoms with Crippen LogP contribution in [-0.2, 0) is 16.1 Å². The minimum absolute atomic E-state index is 0.239. The van der Waals surface area contributed by atoms with E-state index in [2.05, 4.69) is 12.2 Å². The van der Waals surface area contributed by atoms with E-state index in [1.807, 2.05) is 23.9 Å². The SMILES string of the molecule is CCSCc1ccc(C(=O)NC(C)(CC(=O)O)c2cccc(OC)c2)cc1. The number of hydrogen-bond acceptors (Lipinski definition) is 4. The van der Waals surface area contributed by atoms with Gasteiger partial charge in [0, 0.05) is 11.3 Å². The number of carboxylic acids is 1. The first-order valence-electron chi connectivity index (χ1n) is 8.73. The van der Waals surface area contributed by atoms with Gasteiger partial charge in [0.25, 0.3) is 5.91 Å². The largest absolute Gasteiger partial charge is 0.497 e. The highest BCUT2D eigenvalue weighted by atomic mass is 32.2. The first-order chi connectivity index (χ1) is 12.9. The molecule has 2 N–H and O–H groups in total. The summed E-state index contributed by atoms with van der Waals surface area (Å²) in [6.07, 6.45) is -0.239. The molecule has 0 aliphatic carbocycles. The first kappa shape index (κ1) is 20.8. The summed E-state index contributed by atoms with van der Waals surface area (Å²) in [4.78, 5) is 24.2. The third-order valence-corrected chi connectivity index (χ3v) is 5.24. The van der Waals surface area contributed by atoms with Gasteiger partial charge >= 0.3 is 5.97 Å². The quantitative estimate of drug-likeness (QED) is 0.678. The number of rotatable bonds is 9. The molecule has 27 heavy (non-hydrogen) atoms. The number of benzene rings is 2. The van der Waals surface area contributed by atoms with Crippen LogP contribution in [0, 0.1) is 0 Å². The second-order valence-electron chi connectivity index (χ2n) is 6.42.